The van der Waals surface area contributed by atoms with E-state index in [1.165, 1.54) is 24.6 Å². The highest BCUT2D eigenvalue weighted by Crippen LogP contribution is 2.32. The first-order chi connectivity index (χ1) is 16.8. The molecule has 0 fully saturated rings. The van der Waals surface area contributed by atoms with E-state index in [-0.39, 0.29) is 0 Å². The Bertz CT molecular complexity index is 1630. The van der Waals surface area contributed by atoms with Crippen molar-refractivity contribution in [3.8, 4) is 17.0 Å². The van der Waals surface area contributed by atoms with E-state index in [0.29, 0.717) is 41.1 Å². The highest BCUT2D eigenvalue weighted by molar-refractivity contribution is 7.91. The Labute approximate surface area is 201 Å². The molecular formula is C24H24FN7O2S. The Hall–Kier alpha value is -3.86. The lowest BCUT2D eigenvalue weighted by atomic mass is 10.1. The minimum Gasteiger partial charge on any atom is -0.486 e. The first-order valence-electron chi connectivity index (χ1n) is 11.1. The number of aromatic nitrogens is 6. The van der Waals surface area contributed by atoms with Crippen molar-refractivity contribution in [2.45, 2.75) is 26.0 Å². The van der Waals surface area contributed by atoms with Gasteiger partial charge in [0.2, 0.25) is 0 Å². The fourth-order valence-electron chi connectivity index (χ4n) is 4.04. The minimum absolute atomic E-state index is 0.332. The molecule has 35 heavy (non-hydrogen) atoms. The zero-order valence-electron chi connectivity index (χ0n) is 19.2. The number of ether oxygens (including phenoxy) is 1. The summed E-state index contributed by atoms with van der Waals surface area (Å²) in [5, 5.41) is 12.7. The van der Waals surface area contributed by atoms with E-state index in [2.05, 4.69) is 25.3 Å². The van der Waals surface area contributed by atoms with Gasteiger partial charge in [-0.05, 0) is 37.6 Å². The number of rotatable bonds is 8. The molecule has 0 amide bonds. The van der Waals surface area contributed by atoms with Crippen LogP contribution in [0.3, 0.4) is 0 Å². The largest absolute Gasteiger partial charge is 0.486 e. The predicted molar refractivity (Wildman–Crippen MR) is 132 cm³/mol. The highest BCUT2D eigenvalue weighted by atomic mass is 32.2. The van der Waals surface area contributed by atoms with E-state index in [4.69, 9.17) is 9.52 Å². The van der Waals surface area contributed by atoms with E-state index >= 15 is 0 Å². The van der Waals surface area contributed by atoms with Gasteiger partial charge in [0.15, 0.2) is 0 Å². The number of hydrogen-bond donors (Lipinski definition) is 2. The molecule has 5 aromatic rings. The van der Waals surface area contributed by atoms with Gasteiger partial charge >= 0.3 is 0 Å². The Morgan fingerprint density at radius 3 is 2.89 bits per heavy atom. The molecule has 9 nitrogen and oxygen atoms in total. The van der Waals surface area contributed by atoms with Gasteiger partial charge in [-0.15, -0.1) is 0 Å². The van der Waals surface area contributed by atoms with Gasteiger partial charge in [0, 0.05) is 69.5 Å². The molecule has 0 saturated carbocycles. The molecule has 11 heteroatoms. The number of halogens is 1. The van der Waals surface area contributed by atoms with Gasteiger partial charge < -0.3 is 4.74 Å². The summed E-state index contributed by atoms with van der Waals surface area (Å²) in [6, 6.07) is 8.39. The lowest BCUT2D eigenvalue weighted by molar-refractivity contribution is 0.228. The zero-order chi connectivity index (χ0) is 24.6. The third kappa shape index (κ3) is 4.99. The van der Waals surface area contributed by atoms with E-state index in [1.807, 2.05) is 31.3 Å². The van der Waals surface area contributed by atoms with Crippen LogP contribution in [0.15, 0.2) is 55.1 Å². The highest BCUT2D eigenvalue weighted by Gasteiger charge is 2.17. The summed E-state index contributed by atoms with van der Waals surface area (Å²) in [5.41, 5.74) is 4.09. The summed E-state index contributed by atoms with van der Waals surface area (Å²) in [6.07, 6.45) is 8.31. The fraction of sp³-hybridized carbons (Fsp3) is 0.250. The van der Waals surface area contributed by atoms with Crippen LogP contribution in [0.1, 0.15) is 25.0 Å². The summed E-state index contributed by atoms with van der Waals surface area (Å²) in [5.74, 6) is 0.546. The monoisotopic (exact) mass is 493 g/mol. The smallest absolute Gasteiger partial charge is 0.125 e. The van der Waals surface area contributed by atoms with Crippen molar-refractivity contribution in [1.82, 2.24) is 29.9 Å². The van der Waals surface area contributed by atoms with E-state index in [1.54, 1.807) is 17.1 Å². The van der Waals surface area contributed by atoms with Crippen molar-refractivity contribution < 1.29 is 13.3 Å². The molecule has 3 aromatic heterocycles. The van der Waals surface area contributed by atoms with Gasteiger partial charge in [0.1, 0.15) is 23.4 Å². The topological polar surface area (TPSA) is 122 Å². The Morgan fingerprint density at radius 1 is 1.23 bits per heavy atom. The van der Waals surface area contributed by atoms with Crippen molar-refractivity contribution in [3.63, 3.8) is 0 Å². The lowest BCUT2D eigenvalue weighted by Crippen LogP contribution is -2.06. The van der Waals surface area contributed by atoms with Crippen LogP contribution in [-0.4, -0.2) is 46.2 Å². The summed E-state index contributed by atoms with van der Waals surface area (Å²) < 4.78 is 41.2. The average molecular weight is 494 g/mol. The average Bonchev–Trinajstić information content (AvgIpc) is 3.44. The Kier molecular flexibility index (Phi) is 5.93. The number of nitrogens with zero attached hydrogens (tertiary/aromatic N) is 5. The van der Waals surface area contributed by atoms with Gasteiger partial charge in [0.25, 0.3) is 0 Å². The predicted octanol–water partition coefficient (Wildman–Crippen LogP) is 4.72. The summed E-state index contributed by atoms with van der Waals surface area (Å²) in [4.78, 5) is 8.56. The molecule has 0 aliphatic carbocycles. The number of nitrogens with one attached hydrogen (secondary N) is 2. The van der Waals surface area contributed by atoms with Gasteiger partial charge in [-0.3, -0.25) is 28.7 Å². The van der Waals surface area contributed by atoms with Crippen molar-refractivity contribution in [2.75, 3.05) is 12.0 Å². The molecule has 0 aliphatic heterocycles. The summed E-state index contributed by atoms with van der Waals surface area (Å²) in [7, 11) is -2.51. The molecule has 0 bridgehead atoms. The molecule has 0 radical (unpaired) electrons. The molecule has 2 N–H and O–H groups in total. The zero-order valence-corrected chi connectivity index (χ0v) is 20.1. The van der Waals surface area contributed by atoms with Crippen molar-refractivity contribution >= 4 is 31.7 Å². The quantitative estimate of drug-likeness (QED) is 0.323. The van der Waals surface area contributed by atoms with Crippen LogP contribution in [0.4, 0.5) is 4.39 Å². The second-order valence-electron chi connectivity index (χ2n) is 8.51. The summed E-state index contributed by atoms with van der Waals surface area (Å²) >= 11 is 0. The number of H-pyrrole nitrogens is 1. The van der Waals surface area contributed by atoms with Crippen LogP contribution >= 0.6 is 0 Å². The Morgan fingerprint density at radius 2 is 2.06 bits per heavy atom. The normalized spacial score (nSPS) is 14.3. The van der Waals surface area contributed by atoms with Crippen LogP contribution in [0.25, 0.3) is 33.2 Å². The molecule has 0 aliphatic rings. The van der Waals surface area contributed by atoms with Gasteiger partial charge in [-0.2, -0.15) is 10.2 Å². The first-order valence-corrected chi connectivity index (χ1v) is 13.2. The SMILES string of the molecule is CC(Oc1ccc2[nH]nc(-c3cnn(CCCS(C)(=N)=O)c3)c2c1)c1cc(F)cc2nccnc12. The second kappa shape index (κ2) is 9.06. The number of benzene rings is 2. The molecule has 2 aromatic carbocycles. The third-order valence-corrected chi connectivity index (χ3v) is 6.75. The Balaban J connectivity index is 1.40. The number of fused-ring (bicyclic) bond motifs is 2. The molecule has 180 valence electrons. The summed E-state index contributed by atoms with van der Waals surface area (Å²) in [6.45, 7) is 2.42. The minimum atomic E-state index is -2.51. The third-order valence-electron chi connectivity index (χ3n) is 5.68. The first kappa shape index (κ1) is 22.9. The molecular weight excluding hydrogens is 469 g/mol. The molecule has 2 unspecified atom stereocenters. The van der Waals surface area contributed by atoms with Crippen molar-refractivity contribution in [1.29, 1.82) is 4.78 Å². The lowest BCUT2D eigenvalue weighted by Gasteiger charge is -2.16. The van der Waals surface area contributed by atoms with Crippen LogP contribution in [0.2, 0.25) is 0 Å². The van der Waals surface area contributed by atoms with Crippen LogP contribution in [0.5, 0.6) is 5.75 Å². The maximum Gasteiger partial charge on any atom is 0.125 e. The van der Waals surface area contributed by atoms with Crippen LogP contribution < -0.4 is 4.74 Å². The van der Waals surface area contributed by atoms with Crippen LogP contribution in [0, 0.1) is 10.6 Å². The molecule has 0 saturated heterocycles. The number of aromatic amines is 1. The molecule has 0 spiro atoms. The van der Waals surface area contributed by atoms with Gasteiger partial charge in [-0.1, -0.05) is 0 Å². The van der Waals surface area contributed by atoms with Crippen molar-refractivity contribution in [2.24, 2.45) is 0 Å². The van der Waals surface area contributed by atoms with Crippen molar-refractivity contribution in [3.05, 3.63) is 66.5 Å². The number of hydrogen-bond acceptors (Lipinski definition) is 7. The van der Waals surface area contributed by atoms with Crippen LogP contribution in [-0.2, 0) is 16.3 Å². The fourth-order valence-corrected chi connectivity index (χ4v) is 4.72. The van der Waals surface area contributed by atoms with E-state index < -0.39 is 21.7 Å². The maximum atomic E-state index is 14.2. The van der Waals surface area contributed by atoms with E-state index in [9.17, 15) is 8.60 Å². The van der Waals surface area contributed by atoms with E-state index in [0.717, 1.165) is 22.2 Å². The van der Waals surface area contributed by atoms with Gasteiger partial charge in [-0.25, -0.2) is 4.39 Å². The standard InChI is InChI=1S/C24H24FN7O2S/c1-15(19-10-17(25)11-22-24(19)28-7-6-27-22)34-18-4-5-21-20(12-18)23(31-30-21)16-13-29-32(14-16)8-3-9-35(2,26)33/h4-7,10-15,26H,3,8-9H2,1-2H3,(H,30,31). The van der Waals surface area contributed by atoms with Gasteiger partial charge in [0.05, 0.1) is 22.7 Å². The number of aryl methyl sites for hydroxylation is 1. The molecule has 5 rings (SSSR count). The molecule has 2 atom stereocenters. The maximum absolute atomic E-state index is 14.2. The second-order valence-corrected chi connectivity index (χ2v) is 10.9. The molecule has 3 heterocycles.